The summed E-state index contributed by atoms with van der Waals surface area (Å²) in [5.41, 5.74) is 0. The zero-order valence-electron chi connectivity index (χ0n) is 56.9. The minimum Gasteiger partial charge on any atom is -0.462 e. The number of carbonyl (C=O) groups excluding carboxylic acids is 4. The summed E-state index contributed by atoms with van der Waals surface area (Å²) in [4.78, 5) is 72.5. The van der Waals surface area contributed by atoms with E-state index in [1.165, 1.54) is 180 Å². The van der Waals surface area contributed by atoms with Crippen LogP contribution in [0.15, 0.2) is 0 Å². The number of aliphatic hydroxyl groups is 1. The molecule has 0 aliphatic carbocycles. The first kappa shape index (κ1) is 86.1. The van der Waals surface area contributed by atoms with Crippen molar-refractivity contribution < 1.29 is 80.2 Å². The van der Waals surface area contributed by atoms with Crippen molar-refractivity contribution in [2.75, 3.05) is 39.6 Å². The van der Waals surface area contributed by atoms with Crippen LogP contribution < -0.4 is 0 Å². The van der Waals surface area contributed by atoms with Crippen molar-refractivity contribution in [2.24, 2.45) is 5.92 Å². The molecular weight excluding hydrogens is 1160 g/mol. The topological polar surface area (TPSA) is 237 Å². The lowest BCUT2D eigenvalue weighted by Gasteiger charge is -2.21. The molecule has 6 atom stereocenters. The molecule has 0 heterocycles. The number of carbonyl (C=O) groups is 4. The third-order valence-corrected chi connectivity index (χ3v) is 18.3. The van der Waals surface area contributed by atoms with Gasteiger partial charge < -0.3 is 33.8 Å². The Morgan fingerprint density at radius 1 is 0.318 bits per heavy atom. The van der Waals surface area contributed by atoms with Gasteiger partial charge >= 0.3 is 39.5 Å². The van der Waals surface area contributed by atoms with Crippen LogP contribution in [0.1, 0.15) is 356 Å². The number of esters is 4. The smallest absolute Gasteiger partial charge is 0.462 e. The molecule has 0 bridgehead atoms. The summed E-state index contributed by atoms with van der Waals surface area (Å²) in [6, 6.07) is 0. The minimum atomic E-state index is -4.95. The van der Waals surface area contributed by atoms with E-state index in [1.807, 2.05) is 0 Å². The molecule has 0 radical (unpaired) electrons. The molecule has 88 heavy (non-hydrogen) atoms. The lowest BCUT2D eigenvalue weighted by atomic mass is 9.99. The molecule has 0 aromatic carbocycles. The van der Waals surface area contributed by atoms with Crippen molar-refractivity contribution in [2.45, 2.75) is 374 Å². The Bertz CT molecular complexity index is 1710. The Morgan fingerprint density at radius 3 is 0.807 bits per heavy atom. The van der Waals surface area contributed by atoms with Gasteiger partial charge in [-0.05, 0) is 31.6 Å². The maximum absolute atomic E-state index is 13.0. The zero-order valence-corrected chi connectivity index (χ0v) is 58.6. The monoisotopic (exact) mass is 1300 g/mol. The molecule has 0 aromatic rings. The minimum absolute atomic E-state index is 0.107. The third kappa shape index (κ3) is 61.6. The number of aliphatic hydroxyl groups excluding tert-OH is 1. The zero-order chi connectivity index (χ0) is 64.9. The van der Waals surface area contributed by atoms with Crippen LogP contribution in [0.25, 0.3) is 0 Å². The normalized spacial score (nSPS) is 14.4. The number of hydrogen-bond donors (Lipinski definition) is 3. The fraction of sp³-hybridized carbons (Fsp3) is 0.942. The second kappa shape index (κ2) is 62.5. The fourth-order valence-electron chi connectivity index (χ4n) is 10.4. The summed E-state index contributed by atoms with van der Waals surface area (Å²) in [5.74, 6) is -1.32. The predicted molar refractivity (Wildman–Crippen MR) is 354 cm³/mol. The quantitative estimate of drug-likeness (QED) is 0.0222. The average Bonchev–Trinajstić information content (AvgIpc) is 3.59. The van der Waals surface area contributed by atoms with Gasteiger partial charge in [0.05, 0.1) is 26.4 Å². The van der Waals surface area contributed by atoms with Crippen molar-refractivity contribution in [3.63, 3.8) is 0 Å². The standard InChI is InChI=1S/C69H134O17P2/c1-6-10-13-16-19-22-25-26-28-33-38-43-48-53-67(72)80-59-65(86-69(74)55-50-45-40-35-30-29-31-36-41-46-51-62(5)9-4)61-84-88(77,78)82-57-63(70)56-81-87(75,76)83-60-64(58-79-66(71)52-47-42-37-32-24-21-18-15-12-8-3)85-68(73)54-49-44-39-34-27-23-20-17-14-11-7-2/h62-65,70H,6-61H2,1-5H3,(H,75,76)(H,77,78)/t62?,63-,64+,65+/m0/s1. The van der Waals surface area contributed by atoms with Crippen LogP contribution in [-0.2, 0) is 65.4 Å². The Morgan fingerprint density at radius 2 is 0.545 bits per heavy atom. The van der Waals surface area contributed by atoms with Gasteiger partial charge in [-0.15, -0.1) is 0 Å². The van der Waals surface area contributed by atoms with E-state index in [4.69, 9.17) is 37.0 Å². The van der Waals surface area contributed by atoms with E-state index < -0.39 is 97.5 Å². The van der Waals surface area contributed by atoms with Crippen LogP contribution in [0, 0.1) is 5.92 Å². The van der Waals surface area contributed by atoms with Gasteiger partial charge in [-0.2, -0.15) is 0 Å². The SMILES string of the molecule is CCCCCCCCCCCCCCCC(=O)OC[C@H](COP(=O)(O)OC[C@@H](O)COP(=O)(O)OC[C@@H](COC(=O)CCCCCCCCCCCC)OC(=O)CCCCCCCCCCCCC)OC(=O)CCCCCCCCCCCCC(C)CC. The molecular formula is C69H134O17P2. The highest BCUT2D eigenvalue weighted by atomic mass is 31.2. The third-order valence-electron chi connectivity index (χ3n) is 16.4. The molecule has 522 valence electrons. The Balaban J connectivity index is 5.25. The van der Waals surface area contributed by atoms with Gasteiger partial charge in [0.1, 0.15) is 19.3 Å². The largest absolute Gasteiger partial charge is 0.472 e. The maximum Gasteiger partial charge on any atom is 0.472 e. The fourth-order valence-corrected chi connectivity index (χ4v) is 12.0. The molecule has 0 amide bonds. The molecule has 0 aliphatic rings. The lowest BCUT2D eigenvalue weighted by molar-refractivity contribution is -0.161. The van der Waals surface area contributed by atoms with Crippen LogP contribution in [-0.4, -0.2) is 96.7 Å². The van der Waals surface area contributed by atoms with E-state index >= 15 is 0 Å². The highest BCUT2D eigenvalue weighted by molar-refractivity contribution is 7.47. The molecule has 0 rings (SSSR count). The molecule has 0 fully saturated rings. The van der Waals surface area contributed by atoms with E-state index in [9.17, 15) is 43.2 Å². The summed E-state index contributed by atoms with van der Waals surface area (Å²) in [6.07, 6.45) is 48.3. The van der Waals surface area contributed by atoms with Crippen LogP contribution >= 0.6 is 15.6 Å². The van der Waals surface area contributed by atoms with Gasteiger partial charge in [-0.1, -0.05) is 304 Å². The molecule has 3 unspecified atom stereocenters. The number of rotatable bonds is 69. The number of phosphoric ester groups is 2. The van der Waals surface area contributed by atoms with Gasteiger partial charge in [0.15, 0.2) is 12.2 Å². The first-order chi connectivity index (χ1) is 42.6. The predicted octanol–water partition coefficient (Wildman–Crippen LogP) is 19.7. The van der Waals surface area contributed by atoms with Gasteiger partial charge in [0.25, 0.3) is 0 Å². The Hall–Kier alpha value is -1.94. The van der Waals surface area contributed by atoms with E-state index in [1.54, 1.807) is 0 Å². The average molecular weight is 1300 g/mol. The second-order valence-electron chi connectivity index (χ2n) is 25.2. The molecule has 0 spiro atoms. The van der Waals surface area contributed by atoms with Crippen molar-refractivity contribution in [3.8, 4) is 0 Å². The van der Waals surface area contributed by atoms with Crippen molar-refractivity contribution >= 4 is 39.5 Å². The number of unbranched alkanes of at least 4 members (excludes halogenated alkanes) is 40. The highest BCUT2D eigenvalue weighted by Gasteiger charge is 2.30. The van der Waals surface area contributed by atoms with E-state index in [2.05, 4.69) is 34.6 Å². The maximum atomic E-state index is 13.0. The van der Waals surface area contributed by atoms with E-state index in [0.29, 0.717) is 25.7 Å². The second-order valence-corrected chi connectivity index (χ2v) is 28.1. The van der Waals surface area contributed by atoms with Crippen LogP contribution in [0.4, 0.5) is 0 Å². The summed E-state index contributed by atoms with van der Waals surface area (Å²) in [5, 5.41) is 10.6. The van der Waals surface area contributed by atoms with Crippen LogP contribution in [0.3, 0.4) is 0 Å². The number of hydrogen-bond acceptors (Lipinski definition) is 15. The van der Waals surface area contributed by atoms with Gasteiger partial charge in [0, 0.05) is 25.7 Å². The van der Waals surface area contributed by atoms with Crippen LogP contribution in [0.5, 0.6) is 0 Å². The Labute approximate surface area is 537 Å². The molecule has 0 saturated heterocycles. The molecule has 0 saturated carbocycles. The van der Waals surface area contributed by atoms with E-state index in [0.717, 1.165) is 95.8 Å². The first-order valence-electron chi connectivity index (χ1n) is 36.2. The number of ether oxygens (including phenoxy) is 4. The van der Waals surface area contributed by atoms with Crippen molar-refractivity contribution in [1.29, 1.82) is 0 Å². The summed E-state index contributed by atoms with van der Waals surface area (Å²) < 4.78 is 68.2. The molecule has 17 nitrogen and oxygen atoms in total. The summed E-state index contributed by atoms with van der Waals surface area (Å²) >= 11 is 0. The Kier molecular flexibility index (Phi) is 61.1. The highest BCUT2D eigenvalue weighted by Crippen LogP contribution is 2.45. The van der Waals surface area contributed by atoms with Gasteiger partial charge in [-0.3, -0.25) is 37.3 Å². The molecule has 0 aliphatic heterocycles. The molecule has 3 N–H and O–H groups in total. The van der Waals surface area contributed by atoms with Gasteiger partial charge in [-0.25, -0.2) is 9.13 Å². The van der Waals surface area contributed by atoms with Crippen LogP contribution in [0.2, 0.25) is 0 Å². The molecule has 19 heteroatoms. The lowest BCUT2D eigenvalue weighted by Crippen LogP contribution is -2.30. The van der Waals surface area contributed by atoms with E-state index in [-0.39, 0.29) is 25.7 Å². The summed E-state index contributed by atoms with van der Waals surface area (Å²) in [6.45, 7) is 7.26. The molecule has 0 aromatic heterocycles. The van der Waals surface area contributed by atoms with Crippen molar-refractivity contribution in [1.82, 2.24) is 0 Å². The first-order valence-corrected chi connectivity index (χ1v) is 39.2. The van der Waals surface area contributed by atoms with Crippen molar-refractivity contribution in [3.05, 3.63) is 0 Å². The number of phosphoric acid groups is 2. The van der Waals surface area contributed by atoms with Gasteiger partial charge in [0.2, 0.25) is 0 Å². The summed E-state index contributed by atoms with van der Waals surface area (Å²) in [7, 11) is -9.89.